The largest absolute Gasteiger partial charge is 0.349 e. The van der Waals surface area contributed by atoms with Crippen molar-refractivity contribution in [1.82, 2.24) is 15.3 Å². The molecule has 178 valence electrons. The first-order valence-electron chi connectivity index (χ1n) is 12.3. The highest BCUT2D eigenvalue weighted by Crippen LogP contribution is 2.34. The Bertz CT molecular complexity index is 1470. The Morgan fingerprint density at radius 2 is 1.94 bits per heavy atom. The number of anilines is 1. The Morgan fingerprint density at radius 1 is 1.11 bits per heavy atom. The van der Waals surface area contributed by atoms with Crippen molar-refractivity contribution < 1.29 is 4.79 Å². The number of amides is 1. The topological polar surface area (TPSA) is 78.1 Å². The molecular weight excluding hydrogens is 456 g/mol. The number of fused-ring (bicyclic) bond motifs is 2. The summed E-state index contributed by atoms with van der Waals surface area (Å²) in [4.78, 5) is 35.8. The number of rotatable bonds is 4. The van der Waals surface area contributed by atoms with Gasteiger partial charge in [-0.15, -0.1) is 11.3 Å². The van der Waals surface area contributed by atoms with E-state index in [1.54, 1.807) is 0 Å². The first-order chi connectivity index (χ1) is 17.1. The van der Waals surface area contributed by atoms with Gasteiger partial charge in [-0.1, -0.05) is 54.1 Å². The summed E-state index contributed by atoms with van der Waals surface area (Å²) in [6.07, 6.45) is 3.49. The highest BCUT2D eigenvalue weighted by molar-refractivity contribution is 7.17. The molecule has 3 heterocycles. The molecule has 7 heteroatoms. The summed E-state index contributed by atoms with van der Waals surface area (Å²) in [5, 5.41) is 5.31. The SMILES string of the molecule is Cc1cccc(-c2csc3c(=O)[nH]c(N4CCC(C(=O)N[C@@H]5CCc6ccccc65)CC4)nc23)c1. The van der Waals surface area contributed by atoms with Crippen LogP contribution in [0, 0.1) is 12.8 Å². The van der Waals surface area contributed by atoms with Gasteiger partial charge >= 0.3 is 0 Å². The fraction of sp³-hybridized carbons (Fsp3) is 0.321. The predicted octanol–water partition coefficient (Wildman–Crippen LogP) is 4.98. The van der Waals surface area contributed by atoms with E-state index in [0.717, 1.165) is 42.3 Å². The van der Waals surface area contributed by atoms with Gasteiger partial charge in [0.05, 0.1) is 11.6 Å². The number of thiophene rings is 1. The smallest absolute Gasteiger partial charge is 0.270 e. The molecule has 1 aliphatic heterocycles. The minimum absolute atomic E-state index is 0.0153. The van der Waals surface area contributed by atoms with E-state index in [4.69, 9.17) is 4.98 Å². The summed E-state index contributed by atoms with van der Waals surface area (Å²) >= 11 is 1.43. The molecular formula is C28H28N4O2S. The van der Waals surface area contributed by atoms with Crippen LogP contribution in [0.4, 0.5) is 5.95 Å². The van der Waals surface area contributed by atoms with E-state index in [9.17, 15) is 9.59 Å². The van der Waals surface area contributed by atoms with Gasteiger partial charge in [-0.05, 0) is 49.3 Å². The Balaban J connectivity index is 1.17. The van der Waals surface area contributed by atoms with Gasteiger partial charge in [0.25, 0.3) is 5.56 Å². The number of H-pyrrole nitrogens is 1. The molecule has 35 heavy (non-hydrogen) atoms. The van der Waals surface area contributed by atoms with E-state index in [-0.39, 0.29) is 23.4 Å². The van der Waals surface area contributed by atoms with Crippen LogP contribution < -0.4 is 15.8 Å². The van der Waals surface area contributed by atoms with Crippen molar-refractivity contribution in [2.45, 2.75) is 38.6 Å². The van der Waals surface area contributed by atoms with Gasteiger partial charge in [0, 0.05) is 30.0 Å². The van der Waals surface area contributed by atoms with Crippen LogP contribution in [-0.2, 0) is 11.2 Å². The minimum atomic E-state index is -0.103. The van der Waals surface area contributed by atoms with E-state index in [1.807, 2.05) is 17.5 Å². The summed E-state index contributed by atoms with van der Waals surface area (Å²) in [6.45, 7) is 3.45. The summed E-state index contributed by atoms with van der Waals surface area (Å²) < 4.78 is 0.649. The van der Waals surface area contributed by atoms with Crippen LogP contribution in [-0.4, -0.2) is 29.0 Å². The van der Waals surface area contributed by atoms with Crippen molar-refractivity contribution in [1.29, 1.82) is 0 Å². The fourth-order valence-electron chi connectivity index (χ4n) is 5.43. The summed E-state index contributed by atoms with van der Waals surface area (Å²) in [7, 11) is 0. The average Bonchev–Trinajstić information content (AvgIpc) is 3.49. The van der Waals surface area contributed by atoms with Crippen molar-refractivity contribution in [3.05, 3.63) is 81.0 Å². The fourth-order valence-corrected chi connectivity index (χ4v) is 6.34. The number of piperidine rings is 1. The van der Waals surface area contributed by atoms with Crippen molar-refractivity contribution in [3.63, 3.8) is 0 Å². The molecule has 2 aliphatic rings. The number of carbonyl (C=O) groups is 1. The Kier molecular flexibility index (Phi) is 5.65. The maximum atomic E-state index is 13.0. The van der Waals surface area contributed by atoms with E-state index >= 15 is 0 Å². The lowest BCUT2D eigenvalue weighted by atomic mass is 9.95. The number of aromatic nitrogens is 2. The molecule has 2 aromatic carbocycles. The maximum Gasteiger partial charge on any atom is 0.270 e. The number of hydrogen-bond donors (Lipinski definition) is 2. The zero-order valence-corrected chi connectivity index (χ0v) is 20.5. The molecule has 4 aromatic rings. The summed E-state index contributed by atoms with van der Waals surface area (Å²) in [6, 6.07) is 16.8. The lowest BCUT2D eigenvalue weighted by molar-refractivity contribution is -0.126. The van der Waals surface area contributed by atoms with Crippen LogP contribution in [0.1, 0.15) is 42.0 Å². The molecule has 1 atom stereocenters. The number of aromatic amines is 1. The van der Waals surface area contributed by atoms with Crippen LogP contribution >= 0.6 is 11.3 Å². The van der Waals surface area contributed by atoms with Crippen molar-refractivity contribution in [2.24, 2.45) is 5.92 Å². The molecule has 1 aliphatic carbocycles. The van der Waals surface area contributed by atoms with Crippen LogP contribution in [0.3, 0.4) is 0 Å². The lowest BCUT2D eigenvalue weighted by Gasteiger charge is -2.32. The Labute approximate surface area is 208 Å². The molecule has 1 fully saturated rings. The summed E-state index contributed by atoms with van der Waals surface area (Å²) in [5.74, 6) is 0.722. The number of nitrogens with one attached hydrogen (secondary N) is 2. The molecule has 0 spiro atoms. The zero-order valence-electron chi connectivity index (χ0n) is 19.7. The van der Waals surface area contributed by atoms with Gasteiger partial charge < -0.3 is 10.2 Å². The number of aryl methyl sites for hydroxylation is 2. The van der Waals surface area contributed by atoms with Gasteiger partial charge in [0.2, 0.25) is 11.9 Å². The summed E-state index contributed by atoms with van der Waals surface area (Å²) in [5.41, 5.74) is 6.49. The quantitative estimate of drug-likeness (QED) is 0.428. The van der Waals surface area contributed by atoms with Crippen molar-refractivity contribution >= 4 is 33.4 Å². The Morgan fingerprint density at radius 3 is 2.77 bits per heavy atom. The van der Waals surface area contributed by atoms with E-state index in [1.165, 1.54) is 28.0 Å². The van der Waals surface area contributed by atoms with Gasteiger partial charge in [-0.2, -0.15) is 0 Å². The third-order valence-corrected chi connectivity index (χ3v) is 8.33. The monoisotopic (exact) mass is 484 g/mol. The van der Waals surface area contributed by atoms with Crippen LogP contribution in [0.25, 0.3) is 21.3 Å². The van der Waals surface area contributed by atoms with Crippen molar-refractivity contribution in [3.8, 4) is 11.1 Å². The third-order valence-electron chi connectivity index (χ3n) is 7.36. The molecule has 0 unspecified atom stereocenters. The molecule has 0 radical (unpaired) electrons. The number of benzene rings is 2. The van der Waals surface area contributed by atoms with Gasteiger partial charge in [-0.3, -0.25) is 14.6 Å². The van der Waals surface area contributed by atoms with Gasteiger partial charge in [0.1, 0.15) is 4.70 Å². The first kappa shape index (κ1) is 22.0. The minimum Gasteiger partial charge on any atom is -0.349 e. The van der Waals surface area contributed by atoms with Crippen LogP contribution in [0.5, 0.6) is 0 Å². The third kappa shape index (κ3) is 4.14. The second-order valence-corrected chi connectivity index (χ2v) is 10.5. The van der Waals surface area contributed by atoms with E-state index in [2.05, 4.69) is 58.5 Å². The molecule has 2 aromatic heterocycles. The zero-order chi connectivity index (χ0) is 23.9. The number of hydrogen-bond acceptors (Lipinski definition) is 5. The van der Waals surface area contributed by atoms with Gasteiger partial charge in [0.15, 0.2) is 0 Å². The molecule has 0 saturated carbocycles. The van der Waals surface area contributed by atoms with Gasteiger partial charge in [-0.25, -0.2) is 4.98 Å². The maximum absolute atomic E-state index is 13.0. The predicted molar refractivity (Wildman–Crippen MR) is 141 cm³/mol. The lowest BCUT2D eigenvalue weighted by Crippen LogP contribution is -2.42. The van der Waals surface area contributed by atoms with Crippen molar-refractivity contribution in [2.75, 3.05) is 18.0 Å². The van der Waals surface area contributed by atoms with E-state index < -0.39 is 0 Å². The molecule has 6 rings (SSSR count). The molecule has 0 bridgehead atoms. The Hall–Kier alpha value is -3.45. The number of nitrogens with zero attached hydrogens (tertiary/aromatic N) is 2. The van der Waals surface area contributed by atoms with Crippen LogP contribution in [0.15, 0.2) is 58.7 Å². The molecule has 1 amide bonds. The highest BCUT2D eigenvalue weighted by atomic mass is 32.1. The van der Waals surface area contributed by atoms with E-state index in [0.29, 0.717) is 23.7 Å². The normalized spacial score (nSPS) is 18.1. The molecule has 1 saturated heterocycles. The average molecular weight is 485 g/mol. The standard InChI is InChI=1S/C28H28N4O2S/c1-17-5-4-7-20(15-17)22-16-35-25-24(22)30-28(31-27(25)34)32-13-11-19(12-14-32)26(33)29-23-10-9-18-6-2-3-8-21(18)23/h2-8,15-16,19,23H,9-14H2,1H3,(H,29,33)(H,30,31,34)/t23-/m1/s1. The second kappa shape index (κ2) is 8.96. The molecule has 2 N–H and O–H groups in total. The molecule has 6 nitrogen and oxygen atoms in total. The first-order valence-corrected chi connectivity index (χ1v) is 13.2. The van der Waals surface area contributed by atoms with Crippen LogP contribution in [0.2, 0.25) is 0 Å². The second-order valence-electron chi connectivity index (χ2n) is 9.65. The highest BCUT2D eigenvalue weighted by Gasteiger charge is 2.30. The number of carbonyl (C=O) groups excluding carboxylic acids is 1.